The normalized spacial score (nSPS) is 17.1. The molecule has 0 unspecified atom stereocenters. The van der Waals surface area contributed by atoms with Gasteiger partial charge in [-0.1, -0.05) is 6.07 Å². The van der Waals surface area contributed by atoms with E-state index in [-0.39, 0.29) is 5.97 Å². The van der Waals surface area contributed by atoms with Crippen molar-refractivity contribution in [2.24, 2.45) is 5.92 Å². The number of esters is 1. The Labute approximate surface area is 120 Å². The van der Waals surface area contributed by atoms with Gasteiger partial charge in [0, 0.05) is 6.54 Å². The Morgan fingerprint density at radius 1 is 1.45 bits per heavy atom. The Balaban J connectivity index is 1.89. The van der Waals surface area contributed by atoms with Crippen LogP contribution in [-0.4, -0.2) is 49.6 Å². The predicted molar refractivity (Wildman–Crippen MR) is 77.5 cm³/mol. The first kappa shape index (κ1) is 14.9. The Morgan fingerprint density at radius 3 is 2.85 bits per heavy atom. The molecule has 0 spiro atoms. The number of ether oxygens (including phenoxy) is 1. The third kappa shape index (κ3) is 4.02. The van der Waals surface area contributed by atoms with Crippen LogP contribution in [0.3, 0.4) is 0 Å². The van der Waals surface area contributed by atoms with E-state index in [2.05, 4.69) is 15.2 Å². The first-order valence-electron chi connectivity index (χ1n) is 7.14. The maximum absolute atomic E-state index is 11.5. The second-order valence-electron chi connectivity index (χ2n) is 5.28. The highest BCUT2D eigenvalue weighted by Crippen LogP contribution is 2.18. The zero-order valence-corrected chi connectivity index (χ0v) is 12.3. The van der Waals surface area contributed by atoms with Crippen molar-refractivity contribution < 1.29 is 9.53 Å². The summed E-state index contributed by atoms with van der Waals surface area (Å²) in [5.41, 5.74) is 1.31. The van der Waals surface area contributed by atoms with Crippen LogP contribution in [0.25, 0.3) is 0 Å². The van der Waals surface area contributed by atoms with Gasteiger partial charge in [-0.15, -0.1) is 0 Å². The number of piperidine rings is 1. The molecular formula is C15H23N3O2. The van der Waals surface area contributed by atoms with Crippen LogP contribution < -0.4 is 5.32 Å². The second kappa shape index (κ2) is 7.36. The largest absolute Gasteiger partial charge is 0.464 e. The lowest BCUT2D eigenvalue weighted by Crippen LogP contribution is -2.36. The van der Waals surface area contributed by atoms with Gasteiger partial charge in [-0.25, -0.2) is 9.78 Å². The van der Waals surface area contributed by atoms with Gasteiger partial charge in [0.25, 0.3) is 0 Å². The Kier molecular flexibility index (Phi) is 5.49. The number of carbonyl (C=O) groups is 1. The van der Waals surface area contributed by atoms with Crippen LogP contribution in [0.4, 0.5) is 0 Å². The minimum absolute atomic E-state index is 0.375. The third-order valence-electron chi connectivity index (χ3n) is 3.79. The number of rotatable bonds is 5. The molecule has 2 rings (SSSR count). The van der Waals surface area contributed by atoms with Gasteiger partial charge in [0.1, 0.15) is 5.69 Å². The van der Waals surface area contributed by atoms with Crippen molar-refractivity contribution in [1.29, 1.82) is 0 Å². The van der Waals surface area contributed by atoms with E-state index in [1.807, 2.05) is 19.2 Å². The fraction of sp³-hybridized carbons (Fsp3) is 0.600. The van der Waals surface area contributed by atoms with Crippen molar-refractivity contribution >= 4 is 5.97 Å². The zero-order chi connectivity index (χ0) is 14.4. The number of nitrogens with zero attached hydrogens (tertiary/aromatic N) is 2. The Hall–Kier alpha value is -1.46. The van der Waals surface area contributed by atoms with Crippen molar-refractivity contribution in [3.63, 3.8) is 0 Å². The molecule has 110 valence electrons. The zero-order valence-electron chi connectivity index (χ0n) is 12.3. The average molecular weight is 277 g/mol. The number of aromatic nitrogens is 1. The van der Waals surface area contributed by atoms with E-state index in [1.165, 1.54) is 20.0 Å². The molecule has 20 heavy (non-hydrogen) atoms. The summed E-state index contributed by atoms with van der Waals surface area (Å²) in [5.74, 6) is 0.408. The van der Waals surface area contributed by atoms with E-state index in [0.29, 0.717) is 5.69 Å². The highest BCUT2D eigenvalue weighted by Gasteiger charge is 2.19. The summed E-state index contributed by atoms with van der Waals surface area (Å²) in [4.78, 5) is 18.2. The Morgan fingerprint density at radius 2 is 2.20 bits per heavy atom. The molecule has 1 aromatic rings. The van der Waals surface area contributed by atoms with E-state index in [4.69, 9.17) is 4.74 Å². The number of hydrogen-bond acceptors (Lipinski definition) is 5. The molecule has 0 amide bonds. The predicted octanol–water partition coefficient (Wildman–Crippen LogP) is 1.30. The van der Waals surface area contributed by atoms with Crippen LogP contribution in [-0.2, 0) is 11.3 Å². The van der Waals surface area contributed by atoms with Crippen LogP contribution in [0.15, 0.2) is 18.2 Å². The fourth-order valence-corrected chi connectivity index (χ4v) is 2.65. The summed E-state index contributed by atoms with van der Waals surface area (Å²) in [6.07, 6.45) is 2.44. The lowest BCUT2D eigenvalue weighted by atomic mass is 9.97. The van der Waals surface area contributed by atoms with Crippen molar-refractivity contribution in [1.82, 2.24) is 15.2 Å². The molecule has 0 radical (unpaired) electrons. The highest BCUT2D eigenvalue weighted by molar-refractivity contribution is 5.87. The first-order valence-corrected chi connectivity index (χ1v) is 7.14. The maximum Gasteiger partial charge on any atom is 0.356 e. The van der Waals surface area contributed by atoms with E-state index in [9.17, 15) is 4.79 Å². The smallest absolute Gasteiger partial charge is 0.356 e. The number of hydrogen-bond donors (Lipinski definition) is 1. The van der Waals surface area contributed by atoms with Crippen molar-refractivity contribution in [2.45, 2.75) is 19.4 Å². The van der Waals surface area contributed by atoms with Crippen LogP contribution in [0.5, 0.6) is 0 Å². The van der Waals surface area contributed by atoms with Crippen molar-refractivity contribution in [3.8, 4) is 0 Å². The molecule has 0 aromatic carbocycles. The van der Waals surface area contributed by atoms with E-state index in [1.54, 1.807) is 6.07 Å². The molecule has 1 aliphatic rings. The molecule has 2 heterocycles. The highest BCUT2D eigenvalue weighted by atomic mass is 16.5. The summed E-state index contributed by atoms with van der Waals surface area (Å²) in [5, 5.41) is 3.25. The van der Waals surface area contributed by atoms with Crippen molar-refractivity contribution in [3.05, 3.63) is 29.6 Å². The number of likely N-dealkylation sites (tertiary alicyclic amines) is 1. The lowest BCUT2D eigenvalue weighted by Gasteiger charge is -2.31. The number of pyridine rings is 1. The van der Waals surface area contributed by atoms with Crippen molar-refractivity contribution in [2.75, 3.05) is 33.8 Å². The summed E-state index contributed by atoms with van der Waals surface area (Å²) in [7, 11) is 3.39. The molecule has 5 heteroatoms. The van der Waals surface area contributed by atoms with Gasteiger partial charge in [0.2, 0.25) is 0 Å². The number of nitrogens with one attached hydrogen (secondary N) is 1. The van der Waals surface area contributed by atoms with Gasteiger partial charge >= 0.3 is 5.97 Å². The molecule has 0 saturated carbocycles. The molecule has 0 aliphatic carbocycles. The van der Waals surface area contributed by atoms with E-state index >= 15 is 0 Å². The summed E-state index contributed by atoms with van der Waals surface area (Å²) >= 11 is 0. The third-order valence-corrected chi connectivity index (χ3v) is 3.79. The standard InChI is InChI=1S/C15H23N3O2/c1-16-10-12-6-8-18(9-7-12)11-13-4-3-5-14(17-13)15(19)20-2/h3-5,12,16H,6-11H2,1-2H3. The molecular weight excluding hydrogens is 254 g/mol. The minimum atomic E-state index is -0.375. The number of carbonyl (C=O) groups excluding carboxylic acids is 1. The van der Waals surface area contributed by atoms with E-state index < -0.39 is 0 Å². The molecule has 5 nitrogen and oxygen atoms in total. The van der Waals surface area contributed by atoms with Crippen LogP contribution in [0.1, 0.15) is 29.0 Å². The lowest BCUT2D eigenvalue weighted by molar-refractivity contribution is 0.0593. The summed E-state index contributed by atoms with van der Waals surface area (Å²) < 4.78 is 4.70. The SMILES string of the molecule is CNCC1CCN(Cc2cccc(C(=O)OC)n2)CC1. The van der Waals surface area contributed by atoms with Crippen LogP contribution in [0.2, 0.25) is 0 Å². The molecule has 1 saturated heterocycles. The monoisotopic (exact) mass is 277 g/mol. The maximum atomic E-state index is 11.5. The molecule has 1 N–H and O–H groups in total. The fourth-order valence-electron chi connectivity index (χ4n) is 2.65. The quantitative estimate of drug-likeness (QED) is 0.822. The van der Waals surface area contributed by atoms with Gasteiger partial charge in [0.15, 0.2) is 0 Å². The van der Waals surface area contributed by atoms with Gasteiger partial charge in [-0.2, -0.15) is 0 Å². The van der Waals surface area contributed by atoms with Crippen LogP contribution >= 0.6 is 0 Å². The molecule has 1 aliphatic heterocycles. The van der Waals surface area contributed by atoms with Gasteiger partial charge < -0.3 is 10.1 Å². The topological polar surface area (TPSA) is 54.5 Å². The first-order chi connectivity index (χ1) is 9.72. The minimum Gasteiger partial charge on any atom is -0.464 e. The van der Waals surface area contributed by atoms with Gasteiger partial charge in [-0.3, -0.25) is 4.90 Å². The summed E-state index contributed by atoms with van der Waals surface area (Å²) in [6.45, 7) is 4.09. The molecule has 1 fully saturated rings. The molecule has 0 atom stereocenters. The number of methoxy groups -OCH3 is 1. The van der Waals surface area contributed by atoms with Crippen LogP contribution in [0, 0.1) is 5.92 Å². The van der Waals surface area contributed by atoms with Gasteiger partial charge in [-0.05, 0) is 57.6 Å². The molecule has 0 bridgehead atoms. The van der Waals surface area contributed by atoms with E-state index in [0.717, 1.165) is 37.8 Å². The molecule has 1 aromatic heterocycles. The summed E-state index contributed by atoms with van der Waals surface area (Å²) in [6, 6.07) is 5.52. The average Bonchev–Trinajstić information content (AvgIpc) is 2.49. The van der Waals surface area contributed by atoms with Gasteiger partial charge in [0.05, 0.1) is 12.8 Å². The second-order valence-corrected chi connectivity index (χ2v) is 5.28. The Bertz CT molecular complexity index is 442.